The van der Waals surface area contributed by atoms with E-state index in [0.717, 1.165) is 25.7 Å². The summed E-state index contributed by atoms with van der Waals surface area (Å²) in [5.41, 5.74) is -0.413. The molecule has 3 heteroatoms. The molecule has 0 aromatic rings. The van der Waals surface area contributed by atoms with E-state index in [9.17, 15) is 9.59 Å². The van der Waals surface area contributed by atoms with Crippen molar-refractivity contribution in [3.63, 3.8) is 0 Å². The van der Waals surface area contributed by atoms with Gasteiger partial charge in [0.05, 0.1) is 12.5 Å². The molecule has 2 fully saturated rings. The summed E-state index contributed by atoms with van der Waals surface area (Å²) in [6.07, 6.45) is 4.08. The number of ether oxygens (including phenoxy) is 1. The minimum Gasteiger partial charge on any atom is -0.469 e. The Bertz CT molecular complexity index is 259. The third kappa shape index (κ3) is 1.02. The van der Waals surface area contributed by atoms with Crippen LogP contribution in [-0.4, -0.2) is 18.9 Å². The van der Waals surface area contributed by atoms with Gasteiger partial charge < -0.3 is 4.74 Å². The van der Waals surface area contributed by atoms with E-state index in [-0.39, 0.29) is 17.7 Å². The molecule has 0 bridgehead atoms. The van der Waals surface area contributed by atoms with Crippen LogP contribution in [0.15, 0.2) is 0 Å². The second kappa shape index (κ2) is 2.82. The van der Waals surface area contributed by atoms with E-state index in [1.165, 1.54) is 7.11 Å². The smallest absolute Gasteiger partial charge is 0.312 e. The number of ketones is 1. The molecule has 3 nitrogen and oxygen atoms in total. The molecular weight excluding hydrogens is 168 g/mol. The standard InChI is InChI=1S/C10H14O3/c1-13-9(12)10-5-2-3-8(11)7(10)4-6-10/h7H,2-6H2,1H3/t7-,10+/m0/s1. The van der Waals surface area contributed by atoms with Crippen molar-refractivity contribution in [3.8, 4) is 0 Å². The first-order valence-electron chi connectivity index (χ1n) is 4.82. The molecule has 0 aromatic heterocycles. The summed E-state index contributed by atoms with van der Waals surface area (Å²) in [6.45, 7) is 0. The lowest BCUT2D eigenvalue weighted by Gasteiger charge is -2.48. The van der Waals surface area contributed by atoms with E-state index >= 15 is 0 Å². The molecule has 0 unspecified atom stereocenters. The van der Waals surface area contributed by atoms with E-state index < -0.39 is 5.41 Å². The van der Waals surface area contributed by atoms with Crippen molar-refractivity contribution in [3.05, 3.63) is 0 Å². The molecule has 0 amide bonds. The molecule has 0 radical (unpaired) electrons. The lowest BCUT2D eigenvalue weighted by molar-refractivity contribution is -0.173. The van der Waals surface area contributed by atoms with Crippen LogP contribution >= 0.6 is 0 Å². The van der Waals surface area contributed by atoms with Gasteiger partial charge in [-0.25, -0.2) is 0 Å². The number of carbonyl (C=O) groups is 2. The van der Waals surface area contributed by atoms with Crippen molar-refractivity contribution < 1.29 is 14.3 Å². The summed E-state index contributed by atoms with van der Waals surface area (Å²) in [5, 5.41) is 0. The Hall–Kier alpha value is -0.860. The van der Waals surface area contributed by atoms with Crippen molar-refractivity contribution in [1.82, 2.24) is 0 Å². The van der Waals surface area contributed by atoms with Gasteiger partial charge in [0, 0.05) is 12.3 Å². The van der Waals surface area contributed by atoms with Crippen LogP contribution in [-0.2, 0) is 14.3 Å². The van der Waals surface area contributed by atoms with Crippen molar-refractivity contribution in [2.75, 3.05) is 7.11 Å². The van der Waals surface area contributed by atoms with Crippen LogP contribution in [0.2, 0.25) is 0 Å². The van der Waals surface area contributed by atoms with Crippen LogP contribution in [0.4, 0.5) is 0 Å². The molecule has 2 aliphatic carbocycles. The monoisotopic (exact) mass is 182 g/mol. The third-order valence-corrected chi connectivity index (χ3v) is 3.57. The SMILES string of the molecule is COC(=O)[C@@]12CCCC(=O)[C@@H]1CC2. The first-order chi connectivity index (χ1) is 6.20. The maximum absolute atomic E-state index is 11.5. The number of rotatable bonds is 1. The molecule has 2 rings (SSSR count). The van der Waals surface area contributed by atoms with E-state index in [2.05, 4.69) is 0 Å². The fourth-order valence-electron chi connectivity index (χ4n) is 2.71. The number of carbonyl (C=O) groups excluding carboxylic acids is 2. The van der Waals surface area contributed by atoms with Gasteiger partial charge >= 0.3 is 5.97 Å². The van der Waals surface area contributed by atoms with Crippen molar-refractivity contribution in [2.24, 2.45) is 11.3 Å². The van der Waals surface area contributed by atoms with Crippen LogP contribution in [0.3, 0.4) is 0 Å². The molecule has 2 atom stereocenters. The summed E-state index contributed by atoms with van der Waals surface area (Å²) >= 11 is 0. The van der Waals surface area contributed by atoms with E-state index in [0.29, 0.717) is 6.42 Å². The zero-order valence-corrected chi connectivity index (χ0v) is 7.84. The maximum atomic E-state index is 11.5. The van der Waals surface area contributed by atoms with Crippen LogP contribution < -0.4 is 0 Å². The van der Waals surface area contributed by atoms with E-state index in [4.69, 9.17) is 4.74 Å². The maximum Gasteiger partial charge on any atom is 0.312 e. The molecule has 0 aliphatic heterocycles. The highest BCUT2D eigenvalue weighted by atomic mass is 16.5. The van der Waals surface area contributed by atoms with Gasteiger partial charge in [0.1, 0.15) is 5.78 Å². The van der Waals surface area contributed by atoms with Crippen LogP contribution in [0, 0.1) is 11.3 Å². The first-order valence-corrected chi connectivity index (χ1v) is 4.82. The van der Waals surface area contributed by atoms with Gasteiger partial charge in [-0.3, -0.25) is 9.59 Å². The van der Waals surface area contributed by atoms with Crippen LogP contribution in [0.25, 0.3) is 0 Å². The van der Waals surface area contributed by atoms with Crippen molar-refractivity contribution in [1.29, 1.82) is 0 Å². The zero-order valence-electron chi connectivity index (χ0n) is 7.84. The fraction of sp³-hybridized carbons (Fsp3) is 0.800. The van der Waals surface area contributed by atoms with Crippen molar-refractivity contribution >= 4 is 11.8 Å². The normalized spacial score (nSPS) is 37.6. The quantitative estimate of drug-likeness (QED) is 0.574. The predicted octanol–water partition coefficient (Wildman–Crippen LogP) is 1.31. The molecule has 0 N–H and O–H groups in total. The number of hydrogen-bond donors (Lipinski definition) is 0. The van der Waals surface area contributed by atoms with Gasteiger partial charge in [-0.2, -0.15) is 0 Å². The molecule has 0 saturated heterocycles. The summed E-state index contributed by atoms with van der Waals surface area (Å²) in [6, 6.07) is 0. The summed E-state index contributed by atoms with van der Waals surface area (Å²) in [4.78, 5) is 23.0. The summed E-state index contributed by atoms with van der Waals surface area (Å²) in [7, 11) is 1.41. The molecule has 0 aromatic carbocycles. The second-order valence-corrected chi connectivity index (χ2v) is 4.06. The number of methoxy groups -OCH3 is 1. The Morgan fingerprint density at radius 3 is 2.85 bits per heavy atom. The van der Waals surface area contributed by atoms with E-state index in [1.807, 2.05) is 0 Å². The van der Waals surface area contributed by atoms with Crippen molar-refractivity contribution in [2.45, 2.75) is 32.1 Å². The van der Waals surface area contributed by atoms with E-state index in [1.54, 1.807) is 0 Å². The van der Waals surface area contributed by atoms with Crippen LogP contribution in [0.5, 0.6) is 0 Å². The molecule has 2 saturated carbocycles. The predicted molar refractivity (Wildman–Crippen MR) is 46.0 cm³/mol. The van der Waals surface area contributed by atoms with Gasteiger partial charge in [0.25, 0.3) is 0 Å². The average molecular weight is 182 g/mol. The molecule has 13 heavy (non-hydrogen) atoms. The van der Waals surface area contributed by atoms with Gasteiger partial charge in [-0.15, -0.1) is 0 Å². The van der Waals surface area contributed by atoms with Gasteiger partial charge in [-0.05, 0) is 25.7 Å². The lowest BCUT2D eigenvalue weighted by Crippen LogP contribution is -2.53. The summed E-state index contributed by atoms with van der Waals surface area (Å²) < 4.78 is 4.77. The highest BCUT2D eigenvalue weighted by Gasteiger charge is 2.57. The molecule has 0 spiro atoms. The minimum atomic E-state index is -0.413. The molecule has 0 heterocycles. The lowest BCUT2D eigenvalue weighted by atomic mass is 9.53. The number of Topliss-reactive ketones (excluding diaryl/α,β-unsaturated/α-hetero) is 1. The largest absolute Gasteiger partial charge is 0.469 e. The second-order valence-electron chi connectivity index (χ2n) is 4.06. The Labute approximate surface area is 77.4 Å². The highest BCUT2D eigenvalue weighted by molar-refractivity contribution is 5.92. The third-order valence-electron chi connectivity index (χ3n) is 3.57. The average Bonchev–Trinajstić information content (AvgIpc) is 2.07. The molecular formula is C10H14O3. The Balaban J connectivity index is 2.21. The number of hydrogen-bond acceptors (Lipinski definition) is 3. The number of fused-ring (bicyclic) bond motifs is 1. The topological polar surface area (TPSA) is 43.4 Å². The van der Waals surface area contributed by atoms with Gasteiger partial charge in [0.15, 0.2) is 0 Å². The Kier molecular flexibility index (Phi) is 1.90. The Morgan fingerprint density at radius 2 is 2.31 bits per heavy atom. The first kappa shape index (κ1) is 8.73. The Morgan fingerprint density at radius 1 is 1.54 bits per heavy atom. The zero-order chi connectivity index (χ0) is 9.47. The number of esters is 1. The molecule has 2 aliphatic rings. The fourth-order valence-corrected chi connectivity index (χ4v) is 2.71. The highest BCUT2D eigenvalue weighted by Crippen LogP contribution is 2.54. The van der Waals surface area contributed by atoms with Gasteiger partial charge in [0.2, 0.25) is 0 Å². The van der Waals surface area contributed by atoms with Gasteiger partial charge in [-0.1, -0.05) is 0 Å². The molecule has 72 valence electrons. The minimum absolute atomic E-state index is 0.0197. The van der Waals surface area contributed by atoms with Crippen LogP contribution in [0.1, 0.15) is 32.1 Å². The summed E-state index contributed by atoms with van der Waals surface area (Å²) in [5.74, 6) is 0.0772.